The summed E-state index contributed by atoms with van der Waals surface area (Å²) in [7, 11) is 1.76. The lowest BCUT2D eigenvalue weighted by Crippen LogP contribution is -2.57. The van der Waals surface area contributed by atoms with Crippen molar-refractivity contribution in [1.29, 1.82) is 0 Å². The smallest absolute Gasteiger partial charge is 0.0739 e. The Balaban J connectivity index is 2.11. The van der Waals surface area contributed by atoms with Crippen LogP contribution in [0.1, 0.15) is 20.3 Å². The van der Waals surface area contributed by atoms with Crippen molar-refractivity contribution < 1.29 is 4.74 Å². The molecule has 2 unspecified atom stereocenters. The van der Waals surface area contributed by atoms with E-state index in [1.807, 2.05) is 12.1 Å². The molecule has 1 aromatic rings. The SMILES string of the molecule is COC1CC(Nc2cccc(Cl)c2N)C1(C)C. The summed E-state index contributed by atoms with van der Waals surface area (Å²) in [6.07, 6.45) is 1.30. The van der Waals surface area contributed by atoms with Crippen molar-refractivity contribution in [3.05, 3.63) is 23.2 Å². The third kappa shape index (κ3) is 2.09. The standard InChI is InChI=1S/C13H19ClN2O/c1-13(2)10(7-11(13)17-3)16-9-6-4-5-8(14)12(9)15/h4-6,10-11,16H,7,15H2,1-3H3. The van der Waals surface area contributed by atoms with Gasteiger partial charge in [0.15, 0.2) is 0 Å². The van der Waals surface area contributed by atoms with Crippen LogP contribution < -0.4 is 11.1 Å². The van der Waals surface area contributed by atoms with Crippen molar-refractivity contribution in [2.75, 3.05) is 18.2 Å². The van der Waals surface area contributed by atoms with E-state index >= 15 is 0 Å². The predicted molar refractivity (Wildman–Crippen MR) is 72.5 cm³/mol. The van der Waals surface area contributed by atoms with Gasteiger partial charge in [-0.1, -0.05) is 31.5 Å². The number of nitrogens with one attached hydrogen (secondary N) is 1. The fourth-order valence-corrected chi connectivity index (χ4v) is 2.56. The molecule has 1 aliphatic rings. The maximum atomic E-state index is 6.00. The molecule has 0 heterocycles. The van der Waals surface area contributed by atoms with Gasteiger partial charge in [-0.3, -0.25) is 0 Å². The number of halogens is 1. The minimum absolute atomic E-state index is 0.115. The van der Waals surface area contributed by atoms with E-state index in [0.29, 0.717) is 22.9 Å². The largest absolute Gasteiger partial charge is 0.396 e. The second kappa shape index (κ2) is 4.39. The molecule has 0 bridgehead atoms. The van der Waals surface area contributed by atoms with Gasteiger partial charge in [0.25, 0.3) is 0 Å². The van der Waals surface area contributed by atoms with Crippen molar-refractivity contribution in [3.63, 3.8) is 0 Å². The number of anilines is 2. The van der Waals surface area contributed by atoms with Crippen LogP contribution in [0.3, 0.4) is 0 Å². The Morgan fingerprint density at radius 2 is 2.18 bits per heavy atom. The molecule has 17 heavy (non-hydrogen) atoms. The van der Waals surface area contributed by atoms with E-state index < -0.39 is 0 Å². The van der Waals surface area contributed by atoms with Gasteiger partial charge in [-0.2, -0.15) is 0 Å². The van der Waals surface area contributed by atoms with E-state index in [4.69, 9.17) is 22.1 Å². The number of para-hydroxylation sites is 1. The van der Waals surface area contributed by atoms with Crippen molar-refractivity contribution in [2.24, 2.45) is 5.41 Å². The zero-order valence-electron chi connectivity index (χ0n) is 10.5. The zero-order chi connectivity index (χ0) is 12.6. The van der Waals surface area contributed by atoms with Crippen LogP contribution in [0.4, 0.5) is 11.4 Å². The highest BCUT2D eigenvalue weighted by Gasteiger charge is 2.48. The summed E-state index contributed by atoms with van der Waals surface area (Å²) in [6.45, 7) is 4.39. The van der Waals surface area contributed by atoms with Crippen LogP contribution in [0.5, 0.6) is 0 Å². The van der Waals surface area contributed by atoms with Crippen LogP contribution >= 0.6 is 11.6 Å². The van der Waals surface area contributed by atoms with Gasteiger partial charge in [0.1, 0.15) is 0 Å². The minimum Gasteiger partial charge on any atom is -0.396 e. The van der Waals surface area contributed by atoms with E-state index in [1.165, 1.54) is 0 Å². The summed E-state index contributed by atoms with van der Waals surface area (Å²) in [5, 5.41) is 4.05. The number of hydrogen-bond acceptors (Lipinski definition) is 3. The summed E-state index contributed by atoms with van der Waals surface area (Å²) in [5.41, 5.74) is 7.58. The van der Waals surface area contributed by atoms with Crippen molar-refractivity contribution in [2.45, 2.75) is 32.4 Å². The Morgan fingerprint density at radius 3 is 2.76 bits per heavy atom. The highest BCUT2D eigenvalue weighted by atomic mass is 35.5. The fraction of sp³-hybridized carbons (Fsp3) is 0.538. The van der Waals surface area contributed by atoms with Gasteiger partial charge in [0, 0.05) is 18.6 Å². The second-order valence-electron chi connectivity index (χ2n) is 5.18. The van der Waals surface area contributed by atoms with Gasteiger partial charge in [-0.15, -0.1) is 0 Å². The number of rotatable bonds is 3. The summed E-state index contributed by atoms with van der Waals surface area (Å²) < 4.78 is 5.43. The lowest BCUT2D eigenvalue weighted by Gasteiger charge is -2.51. The van der Waals surface area contributed by atoms with E-state index in [9.17, 15) is 0 Å². The molecule has 3 nitrogen and oxygen atoms in total. The first kappa shape index (κ1) is 12.5. The normalized spacial score (nSPS) is 26.4. The molecular formula is C13H19ClN2O. The van der Waals surface area contributed by atoms with Crippen LogP contribution in [0, 0.1) is 5.41 Å². The Hall–Kier alpha value is -0.930. The van der Waals surface area contributed by atoms with Gasteiger partial charge in [0.2, 0.25) is 0 Å². The first-order valence-electron chi connectivity index (χ1n) is 5.80. The molecule has 1 saturated carbocycles. The molecule has 94 valence electrons. The van der Waals surface area contributed by atoms with Crippen molar-refractivity contribution in [3.8, 4) is 0 Å². The third-order valence-electron chi connectivity index (χ3n) is 3.84. The van der Waals surface area contributed by atoms with Crippen molar-refractivity contribution >= 4 is 23.0 Å². The Morgan fingerprint density at radius 1 is 1.47 bits per heavy atom. The van der Waals surface area contributed by atoms with Crippen molar-refractivity contribution in [1.82, 2.24) is 0 Å². The highest BCUT2D eigenvalue weighted by Crippen LogP contribution is 2.44. The van der Waals surface area contributed by atoms with Crippen LogP contribution in [0.2, 0.25) is 5.02 Å². The van der Waals surface area contributed by atoms with Crippen LogP contribution in [-0.2, 0) is 4.74 Å². The fourth-order valence-electron chi connectivity index (χ4n) is 2.38. The molecule has 0 amide bonds. The topological polar surface area (TPSA) is 47.3 Å². The molecule has 1 aliphatic carbocycles. The monoisotopic (exact) mass is 254 g/mol. The van der Waals surface area contributed by atoms with Crippen LogP contribution in [0.25, 0.3) is 0 Å². The molecule has 4 heteroatoms. The van der Waals surface area contributed by atoms with Crippen LogP contribution in [0.15, 0.2) is 18.2 Å². The van der Waals surface area contributed by atoms with Gasteiger partial charge < -0.3 is 15.8 Å². The summed E-state index contributed by atoms with van der Waals surface area (Å²) in [5.74, 6) is 0. The highest BCUT2D eigenvalue weighted by molar-refractivity contribution is 6.33. The molecule has 2 rings (SSSR count). The zero-order valence-corrected chi connectivity index (χ0v) is 11.2. The molecule has 1 fully saturated rings. The average Bonchev–Trinajstić information content (AvgIpc) is 2.29. The second-order valence-corrected chi connectivity index (χ2v) is 5.59. The Labute approximate surface area is 107 Å². The molecule has 0 aromatic heterocycles. The number of benzene rings is 1. The van der Waals surface area contributed by atoms with Crippen LogP contribution in [-0.4, -0.2) is 19.3 Å². The van der Waals surface area contributed by atoms with Gasteiger partial charge in [-0.05, 0) is 18.6 Å². The molecule has 1 aromatic carbocycles. The molecule has 2 atom stereocenters. The molecule has 0 spiro atoms. The summed E-state index contributed by atoms with van der Waals surface area (Å²) >= 11 is 6.00. The maximum absolute atomic E-state index is 6.00. The molecular weight excluding hydrogens is 236 g/mol. The number of ether oxygens (including phenoxy) is 1. The molecule has 0 radical (unpaired) electrons. The minimum atomic E-state index is 0.115. The van der Waals surface area contributed by atoms with E-state index in [-0.39, 0.29) is 5.41 Å². The first-order chi connectivity index (χ1) is 7.96. The number of methoxy groups -OCH3 is 1. The first-order valence-corrected chi connectivity index (χ1v) is 6.18. The van der Waals surface area contributed by atoms with Gasteiger partial charge in [0.05, 0.1) is 22.5 Å². The third-order valence-corrected chi connectivity index (χ3v) is 4.17. The van der Waals surface area contributed by atoms with E-state index in [2.05, 4.69) is 19.2 Å². The number of nitrogen functional groups attached to an aromatic ring is 1. The number of nitrogens with two attached hydrogens (primary N) is 1. The van der Waals surface area contributed by atoms with Gasteiger partial charge >= 0.3 is 0 Å². The molecule has 0 aliphatic heterocycles. The molecule has 3 N–H and O–H groups in total. The predicted octanol–water partition coefficient (Wildman–Crippen LogP) is 3.15. The number of hydrogen-bond donors (Lipinski definition) is 2. The van der Waals surface area contributed by atoms with E-state index in [1.54, 1.807) is 13.2 Å². The average molecular weight is 255 g/mol. The Bertz CT molecular complexity index is 420. The quantitative estimate of drug-likeness (QED) is 0.815. The van der Waals surface area contributed by atoms with E-state index in [0.717, 1.165) is 12.1 Å². The lowest BCUT2D eigenvalue weighted by atomic mass is 9.64. The Kier molecular flexibility index (Phi) is 3.23. The maximum Gasteiger partial charge on any atom is 0.0739 e. The summed E-state index contributed by atoms with van der Waals surface area (Å²) in [4.78, 5) is 0. The van der Waals surface area contributed by atoms with Gasteiger partial charge in [-0.25, -0.2) is 0 Å². The lowest BCUT2D eigenvalue weighted by molar-refractivity contribution is -0.0794. The molecule has 0 saturated heterocycles. The summed E-state index contributed by atoms with van der Waals surface area (Å²) in [6, 6.07) is 6.03.